The van der Waals surface area contributed by atoms with E-state index >= 15 is 0 Å². The lowest BCUT2D eigenvalue weighted by atomic mass is 10.3. The smallest absolute Gasteiger partial charge is 0.184 e. The van der Waals surface area contributed by atoms with Gasteiger partial charge < -0.3 is 4.90 Å². The number of rotatable bonds is 1. The van der Waals surface area contributed by atoms with Crippen LogP contribution in [0.2, 0.25) is 0 Å². The molecule has 0 aromatic carbocycles. The summed E-state index contributed by atoms with van der Waals surface area (Å²) in [6.07, 6.45) is 7.77. The van der Waals surface area contributed by atoms with Crippen LogP contribution in [-0.2, 0) is 0 Å². The van der Waals surface area contributed by atoms with E-state index in [1.165, 1.54) is 0 Å². The minimum Gasteiger partial charge on any atom is -0.378 e. The van der Waals surface area contributed by atoms with Crippen molar-refractivity contribution in [1.82, 2.24) is 9.80 Å². The Labute approximate surface area is 94.1 Å². The van der Waals surface area contributed by atoms with E-state index in [1.54, 1.807) is 11.1 Å². The van der Waals surface area contributed by atoms with Gasteiger partial charge in [-0.3, -0.25) is 23.7 Å². The van der Waals surface area contributed by atoms with Crippen LogP contribution in [0.1, 0.15) is 0 Å². The first-order chi connectivity index (χ1) is 5.24. The predicted octanol–water partition coefficient (Wildman–Crippen LogP) is 0.168. The zero-order valence-electron chi connectivity index (χ0n) is 8.41. The van der Waals surface area contributed by atoms with Crippen LogP contribution in [-0.4, -0.2) is 38.9 Å². The molecule has 0 saturated carbocycles. The van der Waals surface area contributed by atoms with Crippen molar-refractivity contribution in [3.63, 3.8) is 0 Å². The van der Waals surface area contributed by atoms with Crippen molar-refractivity contribution in [1.29, 1.82) is 5.26 Å². The van der Waals surface area contributed by atoms with E-state index in [1.807, 2.05) is 37.3 Å². The predicted molar refractivity (Wildman–Crippen MR) is 63.2 cm³/mol. The van der Waals surface area contributed by atoms with Crippen molar-refractivity contribution < 1.29 is 18.8 Å². The summed E-state index contributed by atoms with van der Waals surface area (Å²) < 4.78 is 0. The largest absolute Gasteiger partial charge is 0.378 e. The Kier molecular flexibility index (Phi) is 24.4. The van der Waals surface area contributed by atoms with Crippen LogP contribution in [0, 0.1) is 11.5 Å². The first kappa shape index (κ1) is 29.3. The van der Waals surface area contributed by atoms with Gasteiger partial charge in [0.2, 0.25) is 0 Å². The molecular formula is C8H18BF4N3. The summed E-state index contributed by atoms with van der Waals surface area (Å²) in [6, 6.07) is 0. The molecule has 0 aliphatic carbocycles. The molecule has 0 radical (unpaired) electrons. The van der Waals surface area contributed by atoms with Crippen LogP contribution >= 0.6 is 0 Å². The van der Waals surface area contributed by atoms with E-state index in [0.29, 0.717) is 6.54 Å². The fourth-order valence-corrected chi connectivity index (χ4v) is 0.893. The number of likely N-dealkylation sites (N-methyl/N-ethyl adjacent to an activating group) is 1. The second kappa shape index (κ2) is 13.4. The highest BCUT2D eigenvalue weighted by Gasteiger charge is 2.03. The maximum Gasteiger partial charge on any atom is 0.184 e. The number of hydrogen-bond acceptors (Lipinski definition) is 3. The highest BCUT2D eigenvalue weighted by atomic mass is 19.0. The molecule has 0 bridgehead atoms. The summed E-state index contributed by atoms with van der Waals surface area (Å²) >= 11 is 0. The lowest BCUT2D eigenvalue weighted by molar-refractivity contribution is 0.498. The van der Waals surface area contributed by atoms with Gasteiger partial charge in [0.05, 0.1) is 15.0 Å². The van der Waals surface area contributed by atoms with Crippen molar-refractivity contribution in [2.24, 2.45) is 0 Å². The SMILES string of the molecule is B.CN(C)C1=CCN(C#N)C=C1.F.F.F.F. The van der Waals surface area contributed by atoms with Gasteiger partial charge in [-0.25, -0.2) is 0 Å². The van der Waals surface area contributed by atoms with Gasteiger partial charge in [-0.05, 0) is 12.2 Å². The summed E-state index contributed by atoms with van der Waals surface area (Å²) in [7, 11) is 3.97. The molecule has 16 heavy (non-hydrogen) atoms. The maximum absolute atomic E-state index is 8.50. The molecule has 0 spiro atoms. The van der Waals surface area contributed by atoms with Crippen LogP contribution in [0.15, 0.2) is 24.0 Å². The third-order valence-electron chi connectivity index (χ3n) is 1.57. The van der Waals surface area contributed by atoms with Crippen LogP contribution in [0.5, 0.6) is 0 Å². The Morgan fingerprint density at radius 1 is 1.25 bits per heavy atom. The highest BCUT2D eigenvalue weighted by Crippen LogP contribution is 2.07. The van der Waals surface area contributed by atoms with Gasteiger partial charge in [0.1, 0.15) is 0 Å². The third kappa shape index (κ3) is 7.73. The third-order valence-corrected chi connectivity index (χ3v) is 1.57. The molecule has 3 nitrogen and oxygen atoms in total. The molecule has 0 fully saturated rings. The molecule has 0 atom stereocenters. The minimum absolute atomic E-state index is 0. The first-order valence-corrected chi connectivity index (χ1v) is 3.46. The Bertz CT molecular complexity index is 250. The first-order valence-electron chi connectivity index (χ1n) is 3.46. The summed E-state index contributed by atoms with van der Waals surface area (Å²) in [5, 5.41) is 8.50. The van der Waals surface area contributed by atoms with E-state index in [4.69, 9.17) is 5.26 Å². The Balaban J connectivity index is -0.0000000807. The standard InChI is InChI=1S/C8H11N3.BH3.4FH/c1-10(2)8-3-5-11(7-9)6-4-8;;;;;/h3-5H,6H2,1-2H3;1H3;4*1H. The second-order valence-electron chi connectivity index (χ2n) is 2.59. The van der Waals surface area contributed by atoms with Crippen LogP contribution in [0.3, 0.4) is 0 Å². The molecule has 0 N–H and O–H groups in total. The van der Waals surface area contributed by atoms with Gasteiger partial charge in [0, 0.05) is 26.0 Å². The van der Waals surface area contributed by atoms with Crippen molar-refractivity contribution in [3.8, 4) is 6.19 Å². The van der Waals surface area contributed by atoms with Crippen molar-refractivity contribution in [2.45, 2.75) is 0 Å². The molecule has 0 amide bonds. The van der Waals surface area contributed by atoms with Gasteiger partial charge in [-0.2, -0.15) is 5.26 Å². The molecule has 1 aliphatic rings. The van der Waals surface area contributed by atoms with Gasteiger partial charge in [0.15, 0.2) is 6.19 Å². The summed E-state index contributed by atoms with van der Waals surface area (Å²) in [4.78, 5) is 3.60. The average Bonchev–Trinajstić information content (AvgIpc) is 2.05. The fourth-order valence-electron chi connectivity index (χ4n) is 0.893. The van der Waals surface area contributed by atoms with Gasteiger partial charge in [0.25, 0.3) is 0 Å². The molecule has 1 heterocycles. The van der Waals surface area contributed by atoms with E-state index in [0.717, 1.165) is 5.70 Å². The lowest BCUT2D eigenvalue weighted by Crippen LogP contribution is -2.18. The van der Waals surface area contributed by atoms with Gasteiger partial charge >= 0.3 is 0 Å². The molecule has 1 aliphatic heterocycles. The van der Waals surface area contributed by atoms with E-state index in [2.05, 4.69) is 0 Å². The van der Waals surface area contributed by atoms with E-state index < -0.39 is 0 Å². The van der Waals surface area contributed by atoms with Crippen molar-refractivity contribution in [2.75, 3.05) is 20.6 Å². The van der Waals surface area contributed by atoms with Gasteiger partial charge in [-0.15, -0.1) is 0 Å². The number of hydrogen-bond donors (Lipinski definition) is 0. The zero-order valence-corrected chi connectivity index (χ0v) is 8.41. The number of halogens is 4. The molecule has 0 saturated heterocycles. The number of allylic oxidation sites excluding steroid dienone is 1. The molecule has 0 unspecified atom stereocenters. The summed E-state index contributed by atoms with van der Waals surface area (Å²) in [5.41, 5.74) is 1.15. The molecular weight excluding hydrogens is 225 g/mol. The Morgan fingerprint density at radius 2 is 1.75 bits per heavy atom. The molecule has 1 rings (SSSR count). The van der Waals surface area contributed by atoms with Crippen LogP contribution in [0.4, 0.5) is 18.8 Å². The normalized spacial score (nSPS) is 10.8. The zero-order chi connectivity index (χ0) is 8.27. The number of nitriles is 1. The molecule has 0 aromatic heterocycles. The number of nitrogens with zero attached hydrogens (tertiary/aromatic N) is 3. The maximum atomic E-state index is 8.50. The minimum atomic E-state index is 0. The lowest BCUT2D eigenvalue weighted by Gasteiger charge is -2.19. The van der Waals surface area contributed by atoms with Crippen LogP contribution < -0.4 is 0 Å². The molecule has 8 heteroatoms. The van der Waals surface area contributed by atoms with Gasteiger partial charge in [-0.1, -0.05) is 0 Å². The van der Waals surface area contributed by atoms with Crippen molar-refractivity contribution in [3.05, 3.63) is 24.0 Å². The highest BCUT2D eigenvalue weighted by molar-refractivity contribution is 5.75. The summed E-state index contributed by atoms with van der Waals surface area (Å²) in [5.74, 6) is 0. The van der Waals surface area contributed by atoms with E-state index in [-0.39, 0.29) is 27.2 Å². The quantitative estimate of drug-likeness (QED) is 0.373. The molecule has 96 valence electrons. The van der Waals surface area contributed by atoms with E-state index in [9.17, 15) is 0 Å². The topological polar surface area (TPSA) is 30.3 Å². The monoisotopic (exact) mass is 243 g/mol. The average molecular weight is 243 g/mol. The van der Waals surface area contributed by atoms with Crippen molar-refractivity contribution >= 4 is 8.41 Å². The molecule has 0 aromatic rings. The Morgan fingerprint density at radius 3 is 2.00 bits per heavy atom. The Hall–Kier alpha value is -1.65. The summed E-state index contributed by atoms with van der Waals surface area (Å²) in [6.45, 7) is 0.681. The second-order valence-corrected chi connectivity index (χ2v) is 2.59. The van der Waals surface area contributed by atoms with Crippen LogP contribution in [0.25, 0.3) is 0 Å². The fraction of sp³-hybridized carbons (Fsp3) is 0.375.